The van der Waals surface area contributed by atoms with E-state index in [1.54, 1.807) is 0 Å². The van der Waals surface area contributed by atoms with Gasteiger partial charge in [0, 0.05) is 78.3 Å². The lowest BCUT2D eigenvalue weighted by atomic mass is 10.1. The van der Waals surface area contributed by atoms with Crippen molar-refractivity contribution < 1.29 is 9.59 Å². The highest BCUT2D eigenvalue weighted by molar-refractivity contribution is 5.76. The minimum absolute atomic E-state index is 0.188. The molecule has 42 heavy (non-hydrogen) atoms. The molecule has 0 saturated carbocycles. The Morgan fingerprint density at radius 1 is 0.333 bits per heavy atom. The van der Waals surface area contributed by atoms with Crippen LogP contribution in [0.2, 0.25) is 0 Å². The fourth-order valence-electron chi connectivity index (χ4n) is 4.98. The largest absolute Gasteiger partial charge is 0.355 e. The molecule has 0 aromatic carbocycles. The first kappa shape index (κ1) is 40.8. The second-order valence-corrected chi connectivity index (χ2v) is 11.9. The summed E-state index contributed by atoms with van der Waals surface area (Å²) in [6.07, 6.45) is 24.4. The van der Waals surface area contributed by atoms with Gasteiger partial charge in [-0.3, -0.25) is 9.59 Å². The van der Waals surface area contributed by atoms with Gasteiger partial charge in [0.05, 0.1) is 0 Å². The molecule has 0 aromatic rings. The first-order chi connectivity index (χ1) is 20.7. The fraction of sp³-hybridized carbons (Fsp3) is 0.941. The molecule has 250 valence electrons. The fourth-order valence-corrected chi connectivity index (χ4v) is 4.98. The predicted octanol–water partition coefficient (Wildman–Crippen LogP) is 5.42. The van der Waals surface area contributed by atoms with Crippen molar-refractivity contribution in [3.8, 4) is 0 Å². The average Bonchev–Trinajstić information content (AvgIpc) is 2.99. The molecule has 0 heterocycles. The Bertz CT molecular complexity index is 516. The smallest absolute Gasteiger partial charge is 0.220 e. The van der Waals surface area contributed by atoms with Crippen LogP contribution in [0.25, 0.3) is 0 Å². The maximum atomic E-state index is 11.9. The lowest BCUT2D eigenvalue weighted by molar-refractivity contribution is -0.122. The van der Waals surface area contributed by atoms with Crippen LogP contribution in [-0.2, 0) is 9.59 Å². The third-order valence-electron chi connectivity index (χ3n) is 7.70. The van der Waals surface area contributed by atoms with Crippen LogP contribution in [0.4, 0.5) is 0 Å². The molecule has 0 aliphatic carbocycles. The normalized spacial score (nSPS) is 11.2. The maximum absolute atomic E-state index is 11.9. The zero-order valence-corrected chi connectivity index (χ0v) is 28.0. The molecule has 0 bridgehead atoms. The zero-order chi connectivity index (χ0) is 30.6. The number of rotatable bonds is 35. The number of nitrogens with one attached hydrogen (secondary N) is 6. The van der Waals surface area contributed by atoms with Crippen LogP contribution < -0.4 is 31.9 Å². The number of hydrogen-bond donors (Lipinski definition) is 6. The van der Waals surface area contributed by atoms with Crippen molar-refractivity contribution in [3.63, 3.8) is 0 Å². The minimum atomic E-state index is 0.188. The summed E-state index contributed by atoms with van der Waals surface area (Å²) in [6, 6.07) is 0. The van der Waals surface area contributed by atoms with E-state index in [0.29, 0.717) is 25.9 Å². The van der Waals surface area contributed by atoms with Crippen molar-refractivity contribution in [1.29, 1.82) is 0 Å². The van der Waals surface area contributed by atoms with Gasteiger partial charge < -0.3 is 31.9 Å². The summed E-state index contributed by atoms with van der Waals surface area (Å²) in [7, 11) is 0. The molecule has 0 unspecified atom stereocenters. The van der Waals surface area contributed by atoms with Crippen molar-refractivity contribution in [2.75, 3.05) is 65.4 Å². The average molecular weight is 597 g/mol. The second kappa shape index (κ2) is 36.0. The van der Waals surface area contributed by atoms with E-state index in [0.717, 1.165) is 65.2 Å². The van der Waals surface area contributed by atoms with Gasteiger partial charge in [-0.05, 0) is 12.8 Å². The molecule has 0 aliphatic rings. The number of unbranched alkanes of at least 4 members (excludes halogenated alkanes) is 16. The molecule has 0 radical (unpaired) electrons. The van der Waals surface area contributed by atoms with Crippen molar-refractivity contribution in [3.05, 3.63) is 0 Å². The van der Waals surface area contributed by atoms with E-state index in [1.807, 2.05) is 0 Å². The van der Waals surface area contributed by atoms with Crippen molar-refractivity contribution in [2.24, 2.45) is 0 Å². The van der Waals surface area contributed by atoms with Crippen LogP contribution in [0.5, 0.6) is 0 Å². The van der Waals surface area contributed by atoms with Gasteiger partial charge >= 0.3 is 0 Å². The van der Waals surface area contributed by atoms with Gasteiger partial charge in [0.15, 0.2) is 0 Å². The summed E-state index contributed by atoms with van der Waals surface area (Å²) in [5.74, 6) is 0.375. The molecule has 8 heteroatoms. The Balaban J connectivity index is 3.20. The van der Waals surface area contributed by atoms with Crippen molar-refractivity contribution >= 4 is 11.8 Å². The molecule has 0 rings (SSSR count). The Morgan fingerprint density at radius 2 is 0.571 bits per heavy atom. The number of carbonyl (C=O) groups excluding carboxylic acids is 2. The molecule has 0 fully saturated rings. The number of amides is 2. The Kier molecular flexibility index (Phi) is 34.9. The van der Waals surface area contributed by atoms with Gasteiger partial charge in [-0.2, -0.15) is 0 Å². The second-order valence-electron chi connectivity index (χ2n) is 11.9. The van der Waals surface area contributed by atoms with Gasteiger partial charge in [0.25, 0.3) is 0 Å². The molecule has 6 N–H and O–H groups in total. The number of carbonyl (C=O) groups is 2. The van der Waals surface area contributed by atoms with Crippen LogP contribution in [0, 0.1) is 0 Å². The monoisotopic (exact) mass is 597 g/mol. The van der Waals surface area contributed by atoms with Crippen LogP contribution in [0.15, 0.2) is 0 Å². The van der Waals surface area contributed by atoms with E-state index in [1.165, 1.54) is 103 Å². The van der Waals surface area contributed by atoms with Gasteiger partial charge in [-0.1, -0.05) is 117 Å². The van der Waals surface area contributed by atoms with E-state index in [9.17, 15) is 9.59 Å². The van der Waals surface area contributed by atoms with E-state index in [4.69, 9.17) is 0 Å². The van der Waals surface area contributed by atoms with E-state index in [2.05, 4.69) is 45.7 Å². The highest BCUT2D eigenvalue weighted by Crippen LogP contribution is 2.11. The van der Waals surface area contributed by atoms with Gasteiger partial charge in [0.2, 0.25) is 11.8 Å². The SMILES string of the molecule is CCCCCCCCCCCC(=O)NCCNCCNCCNCCNCCNC(=O)CCCCCCCCCCC. The molecule has 0 aliphatic heterocycles. The highest BCUT2D eigenvalue weighted by Gasteiger charge is 2.02. The molecule has 2 amide bonds. The molecular formula is C34H72N6O2. The van der Waals surface area contributed by atoms with Crippen molar-refractivity contribution in [1.82, 2.24) is 31.9 Å². The summed E-state index contributed by atoms with van der Waals surface area (Å²) >= 11 is 0. The molecule has 0 saturated heterocycles. The lowest BCUT2D eigenvalue weighted by Gasteiger charge is -2.09. The molecule has 0 atom stereocenters. The minimum Gasteiger partial charge on any atom is -0.355 e. The van der Waals surface area contributed by atoms with E-state index in [-0.39, 0.29) is 11.8 Å². The lowest BCUT2D eigenvalue weighted by Crippen LogP contribution is -2.38. The molecule has 8 nitrogen and oxygen atoms in total. The zero-order valence-electron chi connectivity index (χ0n) is 28.0. The summed E-state index contributed by atoms with van der Waals surface area (Å²) in [5, 5.41) is 19.6. The van der Waals surface area contributed by atoms with Crippen molar-refractivity contribution in [2.45, 2.75) is 142 Å². The number of hydrogen-bond acceptors (Lipinski definition) is 6. The standard InChI is InChI=1S/C34H72N6O2/c1-3-5-7-9-11-13-15-17-19-21-33(41)39-31-29-37-27-25-35-23-24-36-26-28-38-30-32-40-34(42)22-20-18-16-14-12-10-8-6-4-2/h35-38H,3-32H2,1-2H3,(H,39,41)(H,40,42). The Morgan fingerprint density at radius 3 is 0.857 bits per heavy atom. The molecular weight excluding hydrogens is 524 g/mol. The molecule has 0 aromatic heterocycles. The Labute approximate surface area is 260 Å². The van der Waals surface area contributed by atoms with Gasteiger partial charge in [-0.15, -0.1) is 0 Å². The first-order valence-electron chi connectivity index (χ1n) is 18.1. The van der Waals surface area contributed by atoms with Crippen LogP contribution in [-0.4, -0.2) is 77.3 Å². The first-order valence-corrected chi connectivity index (χ1v) is 18.1. The van der Waals surface area contributed by atoms with Crippen LogP contribution in [0.3, 0.4) is 0 Å². The predicted molar refractivity (Wildman–Crippen MR) is 181 cm³/mol. The van der Waals surface area contributed by atoms with Crippen LogP contribution in [0.1, 0.15) is 142 Å². The van der Waals surface area contributed by atoms with E-state index >= 15 is 0 Å². The summed E-state index contributed by atoms with van der Waals surface area (Å²) < 4.78 is 0. The third kappa shape index (κ3) is 35.0. The third-order valence-corrected chi connectivity index (χ3v) is 7.70. The highest BCUT2D eigenvalue weighted by atomic mass is 16.2. The van der Waals surface area contributed by atoms with Gasteiger partial charge in [-0.25, -0.2) is 0 Å². The quantitative estimate of drug-likeness (QED) is 0.0546. The maximum Gasteiger partial charge on any atom is 0.220 e. The van der Waals surface area contributed by atoms with Gasteiger partial charge in [0.1, 0.15) is 0 Å². The molecule has 0 spiro atoms. The van der Waals surface area contributed by atoms with E-state index < -0.39 is 0 Å². The summed E-state index contributed by atoms with van der Waals surface area (Å²) in [4.78, 5) is 23.8. The summed E-state index contributed by atoms with van der Waals surface area (Å²) in [6.45, 7) is 13.1. The Hall–Kier alpha value is -1.22. The van der Waals surface area contributed by atoms with Crippen LogP contribution >= 0.6 is 0 Å². The topological polar surface area (TPSA) is 106 Å². The summed E-state index contributed by atoms with van der Waals surface area (Å²) in [5.41, 5.74) is 0.